The highest BCUT2D eigenvalue weighted by Crippen LogP contribution is 2.19. The van der Waals surface area contributed by atoms with Crippen LogP contribution in [0.25, 0.3) is 5.13 Å². The van der Waals surface area contributed by atoms with E-state index < -0.39 is 5.97 Å². The Hall–Kier alpha value is -1.69. The second-order valence-corrected chi connectivity index (χ2v) is 4.30. The number of hydrogen-bond donors (Lipinski definition) is 1. The van der Waals surface area contributed by atoms with Crippen LogP contribution in [0, 0.1) is 13.8 Å². The minimum atomic E-state index is -0.980. The summed E-state index contributed by atoms with van der Waals surface area (Å²) < 4.78 is 1.48. The Morgan fingerprint density at radius 1 is 1.53 bits per heavy atom. The summed E-state index contributed by atoms with van der Waals surface area (Å²) in [5.41, 5.74) is 1.11. The number of aromatic nitrogens is 3. The molecule has 5 nitrogen and oxygen atoms in total. The van der Waals surface area contributed by atoms with Gasteiger partial charge in [0.05, 0.1) is 17.5 Å². The van der Waals surface area contributed by atoms with E-state index in [-0.39, 0.29) is 5.56 Å². The van der Waals surface area contributed by atoms with Crippen LogP contribution in [-0.4, -0.2) is 25.8 Å². The Labute approximate surface area is 90.0 Å². The van der Waals surface area contributed by atoms with Gasteiger partial charge >= 0.3 is 5.97 Å². The smallest absolute Gasteiger partial charge is 0.338 e. The van der Waals surface area contributed by atoms with Crippen LogP contribution in [0.1, 0.15) is 20.9 Å². The molecule has 0 atom stereocenters. The molecule has 0 unspecified atom stereocenters. The van der Waals surface area contributed by atoms with Crippen LogP contribution < -0.4 is 0 Å². The van der Waals surface area contributed by atoms with E-state index in [9.17, 15) is 4.79 Å². The minimum absolute atomic E-state index is 0.167. The lowest BCUT2D eigenvalue weighted by Gasteiger charge is -1.91. The van der Waals surface area contributed by atoms with E-state index in [0.29, 0.717) is 5.13 Å². The van der Waals surface area contributed by atoms with Crippen molar-refractivity contribution in [1.29, 1.82) is 0 Å². The molecule has 6 heteroatoms. The fourth-order valence-electron chi connectivity index (χ4n) is 1.09. The number of hydrogen-bond acceptors (Lipinski definition) is 4. The first-order valence-corrected chi connectivity index (χ1v) is 5.12. The second-order valence-electron chi connectivity index (χ2n) is 3.12. The van der Waals surface area contributed by atoms with Crippen LogP contribution in [-0.2, 0) is 0 Å². The van der Waals surface area contributed by atoms with Crippen LogP contribution in [0.15, 0.2) is 12.4 Å². The van der Waals surface area contributed by atoms with Crippen LogP contribution >= 0.6 is 11.3 Å². The minimum Gasteiger partial charge on any atom is -0.478 e. The Bertz CT molecular complexity index is 496. The average Bonchev–Trinajstić information content (AvgIpc) is 2.74. The molecule has 0 amide bonds. The maximum atomic E-state index is 10.6. The van der Waals surface area contributed by atoms with Gasteiger partial charge in [-0.3, -0.25) is 0 Å². The van der Waals surface area contributed by atoms with Gasteiger partial charge in [-0.2, -0.15) is 5.10 Å². The summed E-state index contributed by atoms with van der Waals surface area (Å²) in [5, 5.41) is 13.4. The molecule has 0 aliphatic rings. The Morgan fingerprint density at radius 3 is 2.73 bits per heavy atom. The first-order valence-electron chi connectivity index (χ1n) is 4.30. The van der Waals surface area contributed by atoms with Crippen molar-refractivity contribution >= 4 is 17.3 Å². The maximum absolute atomic E-state index is 10.6. The predicted molar refractivity (Wildman–Crippen MR) is 55.7 cm³/mol. The van der Waals surface area contributed by atoms with Gasteiger partial charge in [0, 0.05) is 11.1 Å². The molecule has 2 rings (SSSR count). The second kappa shape index (κ2) is 3.47. The van der Waals surface area contributed by atoms with Gasteiger partial charge in [0.25, 0.3) is 0 Å². The normalized spacial score (nSPS) is 10.5. The Kier molecular flexibility index (Phi) is 2.28. The van der Waals surface area contributed by atoms with Gasteiger partial charge in [0.15, 0.2) is 0 Å². The van der Waals surface area contributed by atoms with Crippen molar-refractivity contribution < 1.29 is 9.90 Å². The third-order valence-electron chi connectivity index (χ3n) is 2.04. The Balaban J connectivity index is 2.41. The summed E-state index contributed by atoms with van der Waals surface area (Å²) in [4.78, 5) is 16.0. The highest BCUT2D eigenvalue weighted by molar-refractivity contribution is 7.14. The number of carboxylic acid groups (broad SMARTS) is 1. The number of carboxylic acids is 1. The molecule has 2 aromatic rings. The summed E-state index contributed by atoms with van der Waals surface area (Å²) in [6.07, 6.45) is 2.77. The lowest BCUT2D eigenvalue weighted by molar-refractivity contribution is 0.0697. The molecule has 0 saturated heterocycles. The van der Waals surface area contributed by atoms with Gasteiger partial charge in [-0.25, -0.2) is 14.5 Å². The van der Waals surface area contributed by atoms with Gasteiger partial charge in [-0.1, -0.05) is 11.3 Å². The van der Waals surface area contributed by atoms with Crippen molar-refractivity contribution in [1.82, 2.24) is 14.8 Å². The van der Waals surface area contributed by atoms with E-state index in [2.05, 4.69) is 10.1 Å². The first-order chi connectivity index (χ1) is 7.08. The summed E-state index contributed by atoms with van der Waals surface area (Å²) in [6.45, 7) is 3.88. The zero-order valence-corrected chi connectivity index (χ0v) is 9.08. The molecule has 0 aliphatic heterocycles. The molecule has 0 saturated carbocycles. The van der Waals surface area contributed by atoms with E-state index in [1.165, 1.54) is 28.4 Å². The van der Waals surface area contributed by atoms with Crippen molar-refractivity contribution in [2.24, 2.45) is 0 Å². The van der Waals surface area contributed by atoms with Crippen LogP contribution in [0.2, 0.25) is 0 Å². The van der Waals surface area contributed by atoms with E-state index >= 15 is 0 Å². The molecular formula is C9H9N3O2S. The topological polar surface area (TPSA) is 68.0 Å². The van der Waals surface area contributed by atoms with E-state index in [0.717, 1.165) is 10.6 Å². The standard InChI is InChI=1S/C9H9N3O2S/c1-5-6(2)15-9(11-5)12-4-7(3-10-12)8(13)14/h3-4H,1-2H3,(H,13,14). The van der Waals surface area contributed by atoms with Gasteiger partial charge in [-0.05, 0) is 13.8 Å². The van der Waals surface area contributed by atoms with Gasteiger partial charge < -0.3 is 5.11 Å². The molecule has 15 heavy (non-hydrogen) atoms. The first kappa shape index (κ1) is 9.85. The van der Waals surface area contributed by atoms with Crippen molar-refractivity contribution in [3.63, 3.8) is 0 Å². The lowest BCUT2D eigenvalue weighted by Crippen LogP contribution is -1.95. The van der Waals surface area contributed by atoms with Gasteiger partial charge in [0.2, 0.25) is 5.13 Å². The van der Waals surface area contributed by atoms with E-state index in [1.54, 1.807) is 0 Å². The summed E-state index contributed by atoms with van der Waals surface area (Å²) in [6, 6.07) is 0. The van der Waals surface area contributed by atoms with E-state index in [4.69, 9.17) is 5.11 Å². The SMILES string of the molecule is Cc1nc(-n2cc(C(=O)O)cn2)sc1C. The van der Waals surface area contributed by atoms with E-state index in [1.807, 2.05) is 13.8 Å². The molecule has 0 fully saturated rings. The van der Waals surface area contributed by atoms with Crippen LogP contribution in [0.5, 0.6) is 0 Å². The molecule has 78 valence electrons. The van der Waals surface area contributed by atoms with Crippen molar-refractivity contribution in [2.75, 3.05) is 0 Å². The molecular weight excluding hydrogens is 214 g/mol. The van der Waals surface area contributed by atoms with Crippen molar-refractivity contribution in [3.05, 3.63) is 28.5 Å². The third-order valence-corrected chi connectivity index (χ3v) is 3.11. The molecule has 0 radical (unpaired) electrons. The molecule has 0 spiro atoms. The molecule has 2 aromatic heterocycles. The highest BCUT2D eigenvalue weighted by Gasteiger charge is 2.10. The summed E-state index contributed by atoms with van der Waals surface area (Å²) in [5.74, 6) is -0.980. The maximum Gasteiger partial charge on any atom is 0.338 e. The molecule has 0 aromatic carbocycles. The number of nitrogens with zero attached hydrogens (tertiary/aromatic N) is 3. The molecule has 0 bridgehead atoms. The number of aryl methyl sites for hydroxylation is 2. The number of carbonyl (C=O) groups is 1. The monoisotopic (exact) mass is 223 g/mol. The predicted octanol–water partition coefficient (Wildman–Crippen LogP) is 1.64. The average molecular weight is 223 g/mol. The molecule has 0 aliphatic carbocycles. The largest absolute Gasteiger partial charge is 0.478 e. The highest BCUT2D eigenvalue weighted by atomic mass is 32.1. The quantitative estimate of drug-likeness (QED) is 0.840. The van der Waals surface area contributed by atoms with Crippen molar-refractivity contribution in [2.45, 2.75) is 13.8 Å². The number of aromatic carboxylic acids is 1. The molecule has 1 N–H and O–H groups in total. The third kappa shape index (κ3) is 1.75. The summed E-state index contributed by atoms with van der Waals surface area (Å²) in [7, 11) is 0. The number of thiazole rings is 1. The van der Waals surface area contributed by atoms with Crippen LogP contribution in [0.3, 0.4) is 0 Å². The Morgan fingerprint density at radius 2 is 2.27 bits per heavy atom. The zero-order chi connectivity index (χ0) is 11.0. The van der Waals surface area contributed by atoms with Crippen molar-refractivity contribution in [3.8, 4) is 5.13 Å². The van der Waals surface area contributed by atoms with Gasteiger partial charge in [-0.15, -0.1) is 0 Å². The fourth-order valence-corrected chi connectivity index (χ4v) is 1.93. The zero-order valence-electron chi connectivity index (χ0n) is 8.26. The van der Waals surface area contributed by atoms with Crippen LogP contribution in [0.4, 0.5) is 0 Å². The molecule has 2 heterocycles. The van der Waals surface area contributed by atoms with Gasteiger partial charge in [0.1, 0.15) is 0 Å². The summed E-state index contributed by atoms with van der Waals surface area (Å²) >= 11 is 1.49. The number of rotatable bonds is 2. The fraction of sp³-hybridized carbons (Fsp3) is 0.222. The lowest BCUT2D eigenvalue weighted by atomic mass is 10.4.